The number of thioether (sulfide) groups is 1. The van der Waals surface area contributed by atoms with Crippen molar-refractivity contribution in [3.05, 3.63) is 71.2 Å². The molecule has 138 valence electrons. The van der Waals surface area contributed by atoms with Crippen molar-refractivity contribution in [3.63, 3.8) is 0 Å². The molecule has 0 radical (unpaired) electrons. The van der Waals surface area contributed by atoms with Crippen molar-refractivity contribution in [3.8, 4) is 0 Å². The molecule has 0 aliphatic rings. The summed E-state index contributed by atoms with van der Waals surface area (Å²) in [4.78, 5) is 33.1. The normalized spacial score (nSPS) is 10.7. The van der Waals surface area contributed by atoms with Gasteiger partial charge in [-0.1, -0.05) is 17.8 Å². The number of hydrogen-bond donors (Lipinski definition) is 1. The van der Waals surface area contributed by atoms with Crippen molar-refractivity contribution in [1.82, 2.24) is 14.5 Å². The van der Waals surface area contributed by atoms with Crippen molar-refractivity contribution >= 4 is 34.4 Å². The summed E-state index contributed by atoms with van der Waals surface area (Å²) in [6.45, 7) is 3.84. The molecule has 0 fully saturated rings. The Bertz CT molecular complexity index is 1080. The number of aromatic nitrogens is 3. The van der Waals surface area contributed by atoms with Crippen LogP contribution in [0.2, 0.25) is 0 Å². The SMILES string of the molecule is C=CCn1c(SCC(=O)Nc2ccc(F)cc2F)nc2ncccc2c1=O. The lowest BCUT2D eigenvalue weighted by Crippen LogP contribution is -2.24. The van der Waals surface area contributed by atoms with Gasteiger partial charge in [-0.3, -0.25) is 14.2 Å². The molecular weight excluding hydrogens is 374 g/mol. The summed E-state index contributed by atoms with van der Waals surface area (Å²) >= 11 is 1.01. The number of benzene rings is 1. The summed E-state index contributed by atoms with van der Waals surface area (Å²) in [5, 5.41) is 3.01. The van der Waals surface area contributed by atoms with Gasteiger partial charge in [0.05, 0.1) is 16.8 Å². The molecule has 2 aromatic heterocycles. The number of anilines is 1. The molecule has 3 aromatic rings. The van der Waals surface area contributed by atoms with Gasteiger partial charge >= 0.3 is 0 Å². The maximum absolute atomic E-state index is 13.6. The van der Waals surface area contributed by atoms with Crippen molar-refractivity contribution in [1.29, 1.82) is 0 Å². The van der Waals surface area contributed by atoms with E-state index in [1.165, 1.54) is 10.8 Å². The lowest BCUT2D eigenvalue weighted by Gasteiger charge is -2.11. The molecular formula is C18H14F2N4O2S. The average Bonchev–Trinajstić information content (AvgIpc) is 2.65. The van der Waals surface area contributed by atoms with Gasteiger partial charge in [0.15, 0.2) is 10.8 Å². The Labute approximate surface area is 157 Å². The molecule has 3 rings (SSSR count). The number of rotatable bonds is 6. The first-order chi connectivity index (χ1) is 13.0. The Hall–Kier alpha value is -3.07. The van der Waals surface area contributed by atoms with Gasteiger partial charge < -0.3 is 5.32 Å². The lowest BCUT2D eigenvalue weighted by atomic mass is 10.3. The second kappa shape index (κ2) is 8.09. The first-order valence-electron chi connectivity index (χ1n) is 7.83. The number of pyridine rings is 1. The number of amides is 1. The minimum absolute atomic E-state index is 0.126. The van der Waals surface area contributed by atoms with Crippen LogP contribution in [0.1, 0.15) is 0 Å². The van der Waals surface area contributed by atoms with E-state index < -0.39 is 17.5 Å². The van der Waals surface area contributed by atoms with Gasteiger partial charge in [0, 0.05) is 18.8 Å². The van der Waals surface area contributed by atoms with Gasteiger partial charge in [-0.15, -0.1) is 6.58 Å². The largest absolute Gasteiger partial charge is 0.323 e. The van der Waals surface area contributed by atoms with Crippen LogP contribution < -0.4 is 10.9 Å². The molecule has 0 saturated heterocycles. The molecule has 6 nitrogen and oxygen atoms in total. The van der Waals surface area contributed by atoms with Crippen LogP contribution in [-0.2, 0) is 11.3 Å². The highest BCUT2D eigenvalue weighted by Gasteiger charge is 2.14. The van der Waals surface area contributed by atoms with E-state index in [0.717, 1.165) is 23.9 Å². The summed E-state index contributed by atoms with van der Waals surface area (Å²) in [5.74, 6) is -2.25. The van der Waals surface area contributed by atoms with Crippen molar-refractivity contribution in [2.45, 2.75) is 11.7 Å². The maximum atomic E-state index is 13.6. The summed E-state index contributed by atoms with van der Waals surface area (Å²) in [6.07, 6.45) is 3.06. The van der Waals surface area contributed by atoms with Gasteiger partial charge in [-0.25, -0.2) is 18.7 Å². The van der Waals surface area contributed by atoms with Gasteiger partial charge in [-0.2, -0.15) is 0 Å². The summed E-state index contributed by atoms with van der Waals surface area (Å²) in [5.41, 5.74) is -0.144. The Kier molecular flexibility index (Phi) is 5.60. The smallest absolute Gasteiger partial charge is 0.263 e. The van der Waals surface area contributed by atoms with Crippen molar-refractivity contribution < 1.29 is 13.6 Å². The van der Waals surface area contributed by atoms with Crippen LogP contribution in [0.5, 0.6) is 0 Å². The van der Waals surface area contributed by atoms with E-state index in [4.69, 9.17) is 0 Å². The Balaban J connectivity index is 1.81. The molecule has 1 aromatic carbocycles. The molecule has 0 atom stereocenters. The van der Waals surface area contributed by atoms with Crippen molar-refractivity contribution in [2.24, 2.45) is 0 Å². The van der Waals surface area contributed by atoms with Gasteiger partial charge in [0.2, 0.25) is 5.91 Å². The average molecular weight is 388 g/mol. The van der Waals surface area contributed by atoms with Crippen LogP contribution in [0.25, 0.3) is 11.0 Å². The molecule has 0 bridgehead atoms. The summed E-state index contributed by atoms with van der Waals surface area (Å²) in [6, 6.07) is 6.13. The maximum Gasteiger partial charge on any atom is 0.263 e. The third kappa shape index (κ3) is 4.20. The number of nitrogens with one attached hydrogen (secondary N) is 1. The number of carbonyl (C=O) groups is 1. The second-order valence-electron chi connectivity index (χ2n) is 5.43. The van der Waals surface area contributed by atoms with E-state index in [9.17, 15) is 18.4 Å². The predicted octanol–water partition coefficient (Wildman–Crippen LogP) is 2.99. The number of allylic oxidation sites excluding steroid dienone is 1. The third-order valence-corrected chi connectivity index (χ3v) is 4.52. The number of nitrogens with zero attached hydrogens (tertiary/aromatic N) is 3. The topological polar surface area (TPSA) is 76.9 Å². The van der Waals surface area contributed by atoms with Crippen LogP contribution in [0.15, 0.2) is 59.1 Å². The number of hydrogen-bond acceptors (Lipinski definition) is 5. The van der Waals surface area contributed by atoms with E-state index in [1.807, 2.05) is 0 Å². The standard InChI is InChI=1S/C18H14F2N4O2S/c1-2-8-24-17(26)12-4-3-7-21-16(12)23-18(24)27-10-15(25)22-14-6-5-11(19)9-13(14)20/h2-7,9H,1,8,10H2,(H,22,25). The van der Waals surface area contributed by atoms with E-state index in [1.54, 1.807) is 18.2 Å². The predicted molar refractivity (Wildman–Crippen MR) is 99.7 cm³/mol. The fourth-order valence-electron chi connectivity index (χ4n) is 2.34. The van der Waals surface area contributed by atoms with E-state index >= 15 is 0 Å². The Morgan fingerprint density at radius 2 is 2.15 bits per heavy atom. The van der Waals surface area contributed by atoms with Crippen molar-refractivity contribution in [2.75, 3.05) is 11.1 Å². The zero-order valence-electron chi connectivity index (χ0n) is 14.0. The Morgan fingerprint density at radius 1 is 1.33 bits per heavy atom. The van der Waals surface area contributed by atoms with E-state index in [0.29, 0.717) is 16.6 Å². The zero-order chi connectivity index (χ0) is 19.4. The van der Waals surface area contributed by atoms with Crippen LogP contribution in [-0.4, -0.2) is 26.2 Å². The van der Waals surface area contributed by atoms with Crippen LogP contribution in [0, 0.1) is 11.6 Å². The number of fused-ring (bicyclic) bond motifs is 1. The molecule has 0 aliphatic heterocycles. The minimum Gasteiger partial charge on any atom is -0.323 e. The molecule has 1 amide bonds. The lowest BCUT2D eigenvalue weighted by molar-refractivity contribution is -0.113. The molecule has 0 spiro atoms. The first kappa shape index (κ1) is 18.7. The highest BCUT2D eigenvalue weighted by Crippen LogP contribution is 2.19. The van der Waals surface area contributed by atoms with Crippen LogP contribution >= 0.6 is 11.8 Å². The van der Waals surface area contributed by atoms with E-state index in [2.05, 4.69) is 21.9 Å². The fraction of sp³-hybridized carbons (Fsp3) is 0.111. The highest BCUT2D eigenvalue weighted by molar-refractivity contribution is 7.99. The fourth-order valence-corrected chi connectivity index (χ4v) is 3.14. The van der Waals surface area contributed by atoms with Gasteiger partial charge in [0.1, 0.15) is 11.6 Å². The molecule has 0 saturated carbocycles. The number of carbonyl (C=O) groups excluding carboxylic acids is 1. The monoisotopic (exact) mass is 388 g/mol. The van der Waals surface area contributed by atoms with E-state index in [-0.39, 0.29) is 29.2 Å². The van der Waals surface area contributed by atoms with Crippen LogP contribution in [0.3, 0.4) is 0 Å². The quantitative estimate of drug-likeness (QED) is 0.399. The number of halogens is 2. The molecule has 2 heterocycles. The molecule has 1 N–H and O–H groups in total. The molecule has 0 unspecified atom stereocenters. The van der Waals surface area contributed by atoms with Crippen LogP contribution in [0.4, 0.5) is 14.5 Å². The molecule has 0 aliphatic carbocycles. The Morgan fingerprint density at radius 3 is 2.89 bits per heavy atom. The first-order valence-corrected chi connectivity index (χ1v) is 8.82. The summed E-state index contributed by atoms with van der Waals surface area (Å²) in [7, 11) is 0. The van der Waals surface area contributed by atoms with Gasteiger partial charge in [0.25, 0.3) is 5.56 Å². The zero-order valence-corrected chi connectivity index (χ0v) is 14.8. The molecule has 27 heavy (non-hydrogen) atoms. The summed E-state index contributed by atoms with van der Waals surface area (Å²) < 4.78 is 27.9. The van der Waals surface area contributed by atoms with Gasteiger partial charge in [-0.05, 0) is 24.3 Å². The minimum atomic E-state index is -0.870. The third-order valence-electron chi connectivity index (χ3n) is 3.54. The second-order valence-corrected chi connectivity index (χ2v) is 6.38. The highest BCUT2D eigenvalue weighted by atomic mass is 32.2. The molecule has 9 heteroatoms.